The summed E-state index contributed by atoms with van der Waals surface area (Å²) >= 11 is 6.33. The quantitative estimate of drug-likeness (QED) is 0.719. The smallest absolute Gasteiger partial charge is 0.259 e. The highest BCUT2D eigenvalue weighted by Crippen LogP contribution is 2.20. The first-order chi connectivity index (χ1) is 8.32. The summed E-state index contributed by atoms with van der Waals surface area (Å²) in [4.78, 5) is 13.5. The van der Waals surface area contributed by atoms with Gasteiger partial charge in [0.15, 0.2) is 0 Å². The molecule has 0 aliphatic rings. The lowest BCUT2D eigenvalue weighted by molar-refractivity contribution is 0.0784. The highest BCUT2D eigenvalue weighted by molar-refractivity contribution is 9.10. The van der Waals surface area contributed by atoms with E-state index in [0.717, 1.165) is 12.1 Å². The molecular weight excluding hydrogens is 372 g/mol. The second-order valence-electron chi connectivity index (χ2n) is 4.04. The molecule has 0 radical (unpaired) electrons. The molecule has 18 heavy (non-hydrogen) atoms. The molecule has 0 aliphatic heterocycles. The van der Waals surface area contributed by atoms with Crippen molar-refractivity contribution in [3.8, 4) is 0 Å². The van der Waals surface area contributed by atoms with Crippen LogP contribution in [0.2, 0.25) is 0 Å². The third-order valence-corrected chi connectivity index (χ3v) is 3.35. The van der Waals surface area contributed by atoms with Crippen LogP contribution in [-0.2, 0) is 0 Å². The highest BCUT2D eigenvalue weighted by Gasteiger charge is 2.21. The zero-order valence-electron chi connectivity index (χ0n) is 10.0. The lowest BCUT2D eigenvalue weighted by atomic mass is 10.1. The molecule has 1 aromatic carbocycles. The summed E-state index contributed by atoms with van der Waals surface area (Å²) in [6.07, 6.45) is 0.710. The Kier molecular flexibility index (Phi) is 5.72. The van der Waals surface area contributed by atoms with Crippen molar-refractivity contribution in [1.82, 2.24) is 4.90 Å². The van der Waals surface area contributed by atoms with E-state index in [-0.39, 0.29) is 9.30 Å². The van der Waals surface area contributed by atoms with Gasteiger partial charge in [-0.25, -0.2) is 8.78 Å². The first kappa shape index (κ1) is 15.6. The normalized spacial score (nSPS) is 12.3. The van der Waals surface area contributed by atoms with Crippen LogP contribution in [-0.4, -0.2) is 29.2 Å². The van der Waals surface area contributed by atoms with Gasteiger partial charge in [0.1, 0.15) is 17.2 Å². The van der Waals surface area contributed by atoms with E-state index in [1.807, 2.05) is 6.92 Å². The number of halogens is 4. The van der Waals surface area contributed by atoms with Gasteiger partial charge in [-0.2, -0.15) is 0 Å². The second kappa shape index (κ2) is 6.61. The Labute approximate surface area is 122 Å². The van der Waals surface area contributed by atoms with Crippen LogP contribution in [0.5, 0.6) is 0 Å². The summed E-state index contributed by atoms with van der Waals surface area (Å²) < 4.78 is 27.5. The Bertz CT molecular complexity index is 429. The minimum atomic E-state index is -0.856. The van der Waals surface area contributed by atoms with Crippen molar-refractivity contribution in [3.63, 3.8) is 0 Å². The van der Waals surface area contributed by atoms with Gasteiger partial charge in [0, 0.05) is 22.9 Å². The van der Waals surface area contributed by atoms with Crippen LogP contribution in [0.4, 0.5) is 8.78 Å². The number of nitrogens with zero attached hydrogens (tertiary/aromatic N) is 1. The molecule has 1 rings (SSSR count). The molecule has 0 heterocycles. The standard InChI is InChI=1S/C12H13Br2F2NO/c1-7(13)3-4-17(2)12(18)11-9(15)5-8(14)6-10(11)16/h5-7H,3-4H2,1-2H3. The molecule has 0 saturated heterocycles. The van der Waals surface area contributed by atoms with Crippen molar-refractivity contribution in [2.75, 3.05) is 13.6 Å². The average Bonchev–Trinajstić information content (AvgIpc) is 2.24. The van der Waals surface area contributed by atoms with Crippen molar-refractivity contribution in [3.05, 3.63) is 33.8 Å². The maximum absolute atomic E-state index is 13.6. The lowest BCUT2D eigenvalue weighted by Gasteiger charge is -2.18. The molecule has 0 saturated carbocycles. The number of hydrogen-bond acceptors (Lipinski definition) is 1. The van der Waals surface area contributed by atoms with Gasteiger partial charge < -0.3 is 4.90 Å². The van der Waals surface area contributed by atoms with Crippen molar-refractivity contribution < 1.29 is 13.6 Å². The third kappa shape index (κ3) is 4.02. The fraction of sp³-hybridized carbons (Fsp3) is 0.417. The molecule has 2 nitrogen and oxygen atoms in total. The number of hydrogen-bond donors (Lipinski definition) is 0. The second-order valence-corrected chi connectivity index (χ2v) is 6.52. The summed E-state index contributed by atoms with van der Waals surface area (Å²) in [7, 11) is 1.53. The van der Waals surface area contributed by atoms with E-state index in [4.69, 9.17) is 0 Å². The Morgan fingerprint density at radius 3 is 2.33 bits per heavy atom. The van der Waals surface area contributed by atoms with Crippen molar-refractivity contribution in [1.29, 1.82) is 0 Å². The maximum atomic E-state index is 13.6. The van der Waals surface area contributed by atoms with Gasteiger partial charge in [-0.15, -0.1) is 0 Å². The van der Waals surface area contributed by atoms with Gasteiger partial charge in [-0.05, 0) is 18.6 Å². The zero-order chi connectivity index (χ0) is 13.9. The fourth-order valence-electron chi connectivity index (χ4n) is 1.41. The number of rotatable bonds is 4. The SMILES string of the molecule is CC(Br)CCN(C)C(=O)c1c(F)cc(Br)cc1F. The molecule has 0 aromatic heterocycles. The monoisotopic (exact) mass is 383 g/mol. The minimum Gasteiger partial charge on any atom is -0.341 e. The molecule has 0 bridgehead atoms. The predicted octanol–water partition coefficient (Wildman–Crippen LogP) is 3.97. The van der Waals surface area contributed by atoms with E-state index in [0.29, 0.717) is 13.0 Å². The molecule has 100 valence electrons. The van der Waals surface area contributed by atoms with E-state index >= 15 is 0 Å². The molecule has 1 atom stereocenters. The minimum absolute atomic E-state index is 0.243. The van der Waals surface area contributed by atoms with Crippen LogP contribution in [0.3, 0.4) is 0 Å². The van der Waals surface area contributed by atoms with E-state index in [2.05, 4.69) is 31.9 Å². The third-order valence-electron chi connectivity index (χ3n) is 2.43. The number of amides is 1. The Hall–Kier alpha value is -0.490. The van der Waals surface area contributed by atoms with Gasteiger partial charge >= 0.3 is 0 Å². The van der Waals surface area contributed by atoms with Crippen molar-refractivity contribution in [2.24, 2.45) is 0 Å². The van der Waals surface area contributed by atoms with Crippen LogP contribution < -0.4 is 0 Å². The molecule has 6 heteroatoms. The lowest BCUT2D eigenvalue weighted by Crippen LogP contribution is -2.30. The largest absolute Gasteiger partial charge is 0.341 e. The topological polar surface area (TPSA) is 20.3 Å². The summed E-state index contributed by atoms with van der Waals surface area (Å²) in [6, 6.07) is 2.16. The van der Waals surface area contributed by atoms with Crippen LogP contribution in [0.1, 0.15) is 23.7 Å². The first-order valence-electron chi connectivity index (χ1n) is 5.37. The van der Waals surface area contributed by atoms with E-state index in [1.54, 1.807) is 0 Å². The Morgan fingerprint density at radius 1 is 1.39 bits per heavy atom. The summed E-state index contributed by atoms with van der Waals surface area (Å²) in [5, 5.41) is 0. The molecule has 0 aliphatic carbocycles. The molecule has 1 amide bonds. The van der Waals surface area contributed by atoms with E-state index in [1.165, 1.54) is 11.9 Å². The Morgan fingerprint density at radius 2 is 1.89 bits per heavy atom. The Balaban J connectivity index is 2.90. The molecule has 0 spiro atoms. The molecule has 0 N–H and O–H groups in total. The molecular formula is C12H13Br2F2NO. The van der Waals surface area contributed by atoms with Crippen LogP contribution in [0, 0.1) is 11.6 Å². The highest BCUT2D eigenvalue weighted by atomic mass is 79.9. The zero-order valence-corrected chi connectivity index (χ0v) is 13.2. The number of carbonyl (C=O) groups is 1. The van der Waals surface area contributed by atoms with Gasteiger partial charge in [0.25, 0.3) is 5.91 Å². The first-order valence-corrected chi connectivity index (χ1v) is 7.08. The van der Waals surface area contributed by atoms with Crippen LogP contribution >= 0.6 is 31.9 Å². The number of benzene rings is 1. The molecule has 1 aromatic rings. The van der Waals surface area contributed by atoms with E-state index in [9.17, 15) is 13.6 Å². The van der Waals surface area contributed by atoms with Crippen molar-refractivity contribution >= 4 is 37.8 Å². The van der Waals surface area contributed by atoms with Crippen LogP contribution in [0.25, 0.3) is 0 Å². The molecule has 1 unspecified atom stereocenters. The van der Waals surface area contributed by atoms with Gasteiger partial charge in [-0.3, -0.25) is 4.79 Å². The van der Waals surface area contributed by atoms with Gasteiger partial charge in [-0.1, -0.05) is 38.8 Å². The summed E-state index contributed by atoms with van der Waals surface area (Å²) in [5.74, 6) is -2.36. The maximum Gasteiger partial charge on any atom is 0.259 e. The summed E-state index contributed by atoms with van der Waals surface area (Å²) in [5.41, 5.74) is -0.511. The fourth-order valence-corrected chi connectivity index (χ4v) is 2.02. The van der Waals surface area contributed by atoms with E-state index < -0.39 is 23.1 Å². The summed E-state index contributed by atoms with van der Waals surface area (Å²) in [6.45, 7) is 2.37. The number of carbonyl (C=O) groups excluding carboxylic acids is 1. The van der Waals surface area contributed by atoms with Gasteiger partial charge in [0.2, 0.25) is 0 Å². The van der Waals surface area contributed by atoms with Crippen LogP contribution in [0.15, 0.2) is 16.6 Å². The van der Waals surface area contributed by atoms with Crippen molar-refractivity contribution in [2.45, 2.75) is 18.2 Å². The van der Waals surface area contributed by atoms with Gasteiger partial charge in [0.05, 0.1) is 0 Å². The molecule has 0 fully saturated rings. The number of alkyl halides is 1. The predicted molar refractivity (Wildman–Crippen MR) is 74.0 cm³/mol. The average molecular weight is 385 g/mol.